The van der Waals surface area contributed by atoms with E-state index in [-0.39, 0.29) is 0 Å². The van der Waals surface area contributed by atoms with Crippen LogP contribution in [0.15, 0.2) is 6.33 Å². The van der Waals surface area contributed by atoms with Crippen LogP contribution in [-0.4, -0.2) is 53.8 Å². The molecule has 5 nitrogen and oxygen atoms in total. The molecule has 2 aliphatic rings. The fraction of sp³-hybridized carbons (Fsp3) is 0.769. The van der Waals surface area contributed by atoms with Crippen LogP contribution in [0.4, 0.5) is 0 Å². The maximum Gasteiger partial charge on any atom is 0.0925 e. The summed E-state index contributed by atoms with van der Waals surface area (Å²) in [6.45, 7) is 3.84. The van der Waals surface area contributed by atoms with Crippen molar-refractivity contribution in [2.75, 3.05) is 26.8 Å². The van der Waals surface area contributed by atoms with Crippen LogP contribution in [0.25, 0.3) is 0 Å². The molecule has 1 atom stereocenters. The first-order valence-corrected chi connectivity index (χ1v) is 6.85. The van der Waals surface area contributed by atoms with Gasteiger partial charge in [-0.15, -0.1) is 0 Å². The fourth-order valence-electron chi connectivity index (χ4n) is 2.98. The Labute approximate surface area is 108 Å². The lowest BCUT2D eigenvalue weighted by atomic mass is 10.0. The molecule has 0 saturated carbocycles. The molecule has 1 aromatic rings. The molecule has 2 N–H and O–H groups in total. The fourth-order valence-corrected chi connectivity index (χ4v) is 2.98. The van der Waals surface area contributed by atoms with Crippen molar-refractivity contribution in [3.05, 3.63) is 17.7 Å². The predicted molar refractivity (Wildman–Crippen MR) is 69.4 cm³/mol. The van der Waals surface area contributed by atoms with Gasteiger partial charge in [0, 0.05) is 44.8 Å². The van der Waals surface area contributed by atoms with E-state index < -0.39 is 0 Å². The van der Waals surface area contributed by atoms with Gasteiger partial charge in [-0.05, 0) is 19.9 Å². The number of aromatic amines is 1. The number of likely N-dealkylation sites (N-methyl/N-ethyl adjacent to an activating group) is 1. The molecule has 2 aliphatic heterocycles. The van der Waals surface area contributed by atoms with Crippen LogP contribution in [0.2, 0.25) is 0 Å². The van der Waals surface area contributed by atoms with E-state index in [0.717, 1.165) is 45.6 Å². The monoisotopic (exact) mass is 250 g/mol. The first-order valence-electron chi connectivity index (χ1n) is 6.85. The predicted octanol–water partition coefficient (Wildman–Crippen LogP) is 0.535. The van der Waals surface area contributed by atoms with Crippen LogP contribution in [0.1, 0.15) is 24.2 Å². The van der Waals surface area contributed by atoms with Crippen molar-refractivity contribution in [1.82, 2.24) is 20.2 Å². The Hall–Kier alpha value is -0.910. The summed E-state index contributed by atoms with van der Waals surface area (Å²) in [4.78, 5) is 10.1. The molecule has 100 valence electrons. The molecule has 5 heteroatoms. The minimum atomic E-state index is 0.522. The zero-order valence-electron chi connectivity index (χ0n) is 11.0. The third-order valence-corrected chi connectivity index (χ3v) is 4.14. The van der Waals surface area contributed by atoms with E-state index >= 15 is 0 Å². The molecule has 0 radical (unpaired) electrons. The largest absolute Gasteiger partial charge is 0.381 e. The molecule has 3 heterocycles. The zero-order chi connectivity index (χ0) is 12.4. The number of nitrogens with zero attached hydrogens (tertiary/aromatic N) is 2. The SMILES string of the molecule is CN(CC1Cc2nc[nH]c2CN1)C1CCOCC1. The maximum atomic E-state index is 5.42. The summed E-state index contributed by atoms with van der Waals surface area (Å²) < 4.78 is 5.42. The Kier molecular flexibility index (Phi) is 3.63. The first-order chi connectivity index (χ1) is 8.83. The molecule has 0 bridgehead atoms. The Balaban J connectivity index is 1.54. The van der Waals surface area contributed by atoms with Crippen molar-refractivity contribution in [3.8, 4) is 0 Å². The summed E-state index contributed by atoms with van der Waals surface area (Å²) in [6, 6.07) is 1.20. The topological polar surface area (TPSA) is 53.2 Å². The third-order valence-electron chi connectivity index (χ3n) is 4.14. The second kappa shape index (κ2) is 5.38. The van der Waals surface area contributed by atoms with E-state index in [1.807, 2.05) is 0 Å². The Morgan fingerprint density at radius 1 is 1.44 bits per heavy atom. The summed E-state index contributed by atoms with van der Waals surface area (Å²) in [6.07, 6.45) is 5.16. The highest BCUT2D eigenvalue weighted by atomic mass is 16.5. The molecular formula is C13H22N4O. The highest BCUT2D eigenvalue weighted by molar-refractivity contribution is 5.16. The van der Waals surface area contributed by atoms with Crippen molar-refractivity contribution in [2.45, 2.75) is 37.9 Å². The number of fused-ring (bicyclic) bond motifs is 1. The summed E-state index contributed by atoms with van der Waals surface area (Å²) in [5.41, 5.74) is 2.49. The van der Waals surface area contributed by atoms with Gasteiger partial charge in [0.2, 0.25) is 0 Å². The molecule has 18 heavy (non-hydrogen) atoms. The van der Waals surface area contributed by atoms with Gasteiger partial charge in [-0.1, -0.05) is 0 Å². The third kappa shape index (κ3) is 2.58. The van der Waals surface area contributed by atoms with E-state index in [1.165, 1.54) is 11.4 Å². The summed E-state index contributed by atoms with van der Waals surface area (Å²) in [5, 5.41) is 3.59. The van der Waals surface area contributed by atoms with Gasteiger partial charge in [0.05, 0.1) is 17.7 Å². The molecule has 1 fully saturated rings. The van der Waals surface area contributed by atoms with E-state index in [2.05, 4.69) is 27.2 Å². The van der Waals surface area contributed by atoms with Crippen molar-refractivity contribution in [1.29, 1.82) is 0 Å². The quantitative estimate of drug-likeness (QED) is 0.822. The summed E-state index contributed by atoms with van der Waals surface area (Å²) in [5.74, 6) is 0. The van der Waals surface area contributed by atoms with Crippen molar-refractivity contribution in [2.24, 2.45) is 0 Å². The van der Waals surface area contributed by atoms with Crippen molar-refractivity contribution >= 4 is 0 Å². The second-order valence-corrected chi connectivity index (χ2v) is 5.39. The number of H-pyrrole nitrogens is 1. The average Bonchev–Trinajstić information content (AvgIpc) is 2.87. The Morgan fingerprint density at radius 3 is 3.11 bits per heavy atom. The van der Waals surface area contributed by atoms with Gasteiger partial charge >= 0.3 is 0 Å². The van der Waals surface area contributed by atoms with Crippen molar-refractivity contribution in [3.63, 3.8) is 0 Å². The van der Waals surface area contributed by atoms with Crippen molar-refractivity contribution < 1.29 is 4.74 Å². The molecule has 3 rings (SSSR count). The second-order valence-electron chi connectivity index (χ2n) is 5.39. The van der Waals surface area contributed by atoms with E-state index in [1.54, 1.807) is 6.33 Å². The Bertz CT molecular complexity index is 386. The van der Waals surface area contributed by atoms with Crippen LogP contribution < -0.4 is 5.32 Å². The summed E-state index contributed by atoms with van der Waals surface area (Å²) in [7, 11) is 2.23. The van der Waals surface area contributed by atoms with Crippen LogP contribution >= 0.6 is 0 Å². The number of ether oxygens (including phenoxy) is 1. The van der Waals surface area contributed by atoms with Gasteiger partial charge < -0.3 is 19.9 Å². The molecule has 0 aromatic carbocycles. The standard InChI is InChI=1S/C13H22N4O/c1-17(11-2-4-18-5-3-11)8-10-6-12-13(7-14-10)16-9-15-12/h9-11,14H,2-8H2,1H3,(H,15,16). The average molecular weight is 250 g/mol. The molecule has 1 unspecified atom stereocenters. The lowest BCUT2D eigenvalue weighted by Gasteiger charge is -2.35. The van der Waals surface area contributed by atoms with Crippen LogP contribution in [0.3, 0.4) is 0 Å². The number of hydrogen-bond acceptors (Lipinski definition) is 4. The lowest BCUT2D eigenvalue weighted by molar-refractivity contribution is 0.0398. The van der Waals surface area contributed by atoms with Crippen LogP contribution in [-0.2, 0) is 17.7 Å². The summed E-state index contributed by atoms with van der Waals surface area (Å²) >= 11 is 0. The Morgan fingerprint density at radius 2 is 2.28 bits per heavy atom. The van der Waals surface area contributed by atoms with Gasteiger partial charge in [0.25, 0.3) is 0 Å². The molecule has 0 aliphatic carbocycles. The molecular weight excluding hydrogens is 228 g/mol. The number of nitrogens with one attached hydrogen (secondary N) is 2. The smallest absolute Gasteiger partial charge is 0.0925 e. The van der Waals surface area contributed by atoms with Gasteiger partial charge in [-0.3, -0.25) is 0 Å². The number of rotatable bonds is 3. The van der Waals surface area contributed by atoms with E-state index in [0.29, 0.717) is 12.1 Å². The number of imidazole rings is 1. The minimum Gasteiger partial charge on any atom is -0.381 e. The van der Waals surface area contributed by atoms with Gasteiger partial charge in [0.1, 0.15) is 0 Å². The molecule has 0 spiro atoms. The van der Waals surface area contributed by atoms with Gasteiger partial charge in [0.15, 0.2) is 0 Å². The normalized spacial score (nSPS) is 25.3. The minimum absolute atomic E-state index is 0.522. The molecule has 0 amide bonds. The van der Waals surface area contributed by atoms with Crippen LogP contribution in [0.5, 0.6) is 0 Å². The molecule has 1 aromatic heterocycles. The van der Waals surface area contributed by atoms with Gasteiger partial charge in [-0.25, -0.2) is 4.98 Å². The highest BCUT2D eigenvalue weighted by Crippen LogP contribution is 2.16. The van der Waals surface area contributed by atoms with Crippen LogP contribution in [0, 0.1) is 0 Å². The number of hydrogen-bond donors (Lipinski definition) is 2. The number of aromatic nitrogens is 2. The van der Waals surface area contributed by atoms with E-state index in [9.17, 15) is 0 Å². The first kappa shape index (κ1) is 12.1. The van der Waals surface area contributed by atoms with Gasteiger partial charge in [-0.2, -0.15) is 0 Å². The zero-order valence-corrected chi connectivity index (χ0v) is 11.0. The lowest BCUT2D eigenvalue weighted by Crippen LogP contribution is -2.47. The molecule has 1 saturated heterocycles. The highest BCUT2D eigenvalue weighted by Gasteiger charge is 2.24. The maximum absolute atomic E-state index is 5.42. The van der Waals surface area contributed by atoms with E-state index in [4.69, 9.17) is 4.74 Å².